The van der Waals surface area contributed by atoms with E-state index in [0.717, 1.165) is 0 Å². The molecule has 2 nitrogen and oxygen atoms in total. The van der Waals surface area contributed by atoms with Crippen LogP contribution in [0.1, 0.15) is 18.1 Å². The van der Waals surface area contributed by atoms with Crippen molar-refractivity contribution in [1.29, 1.82) is 0 Å². The Hall–Kier alpha value is -0.610. The summed E-state index contributed by atoms with van der Waals surface area (Å²) < 4.78 is 18.6. The summed E-state index contributed by atoms with van der Waals surface area (Å²) in [6.07, 6.45) is -0.122. The van der Waals surface area contributed by atoms with Crippen LogP contribution < -0.4 is 4.74 Å². The Morgan fingerprint density at radius 3 is 3.08 bits per heavy atom. The summed E-state index contributed by atoms with van der Waals surface area (Å²) in [5.74, 6) is 0.190. The molecular formula is C9H8BrFO2. The first-order chi connectivity index (χ1) is 6.20. The van der Waals surface area contributed by atoms with Crippen LogP contribution in [0.2, 0.25) is 0 Å². The molecule has 4 heteroatoms. The molecule has 1 aromatic carbocycles. The maximum Gasteiger partial charge on any atom is 0.138 e. The normalized spacial score (nSPS) is 20.7. The monoisotopic (exact) mass is 246 g/mol. The Kier molecular flexibility index (Phi) is 2.26. The summed E-state index contributed by atoms with van der Waals surface area (Å²) in [6.45, 7) is 0.478. The van der Waals surface area contributed by atoms with Crippen LogP contribution in [0.4, 0.5) is 4.39 Å². The fourth-order valence-electron chi connectivity index (χ4n) is 1.41. The third-order valence-corrected chi connectivity index (χ3v) is 2.88. The van der Waals surface area contributed by atoms with Gasteiger partial charge in [0.25, 0.3) is 0 Å². The molecule has 0 saturated heterocycles. The second-order valence-corrected chi connectivity index (χ2v) is 3.72. The largest absolute Gasteiger partial charge is 0.493 e. The molecule has 0 spiro atoms. The highest BCUT2D eigenvalue weighted by Crippen LogP contribution is 2.38. The van der Waals surface area contributed by atoms with E-state index in [2.05, 4.69) is 15.9 Å². The number of halogens is 2. The zero-order valence-electron chi connectivity index (χ0n) is 6.76. The molecule has 1 aliphatic heterocycles. The van der Waals surface area contributed by atoms with Gasteiger partial charge in [-0.15, -0.1) is 0 Å². The maximum atomic E-state index is 13.1. The summed E-state index contributed by atoms with van der Waals surface area (Å²) >= 11 is 3.09. The van der Waals surface area contributed by atoms with Crippen LogP contribution in [-0.2, 0) is 0 Å². The van der Waals surface area contributed by atoms with Crippen LogP contribution in [0.5, 0.6) is 5.75 Å². The molecule has 1 N–H and O–H groups in total. The summed E-state index contributed by atoms with van der Waals surface area (Å²) in [4.78, 5) is 0. The predicted molar refractivity (Wildman–Crippen MR) is 49.2 cm³/mol. The van der Waals surface area contributed by atoms with Crippen molar-refractivity contribution < 1.29 is 14.2 Å². The van der Waals surface area contributed by atoms with Crippen LogP contribution in [0.3, 0.4) is 0 Å². The van der Waals surface area contributed by atoms with Crippen LogP contribution in [-0.4, -0.2) is 11.7 Å². The molecular weight excluding hydrogens is 239 g/mol. The van der Waals surface area contributed by atoms with Gasteiger partial charge < -0.3 is 9.84 Å². The Morgan fingerprint density at radius 2 is 2.31 bits per heavy atom. The Bertz CT molecular complexity index is 341. The number of aliphatic hydroxyl groups excluding tert-OH is 1. The molecule has 0 bridgehead atoms. The fourth-order valence-corrected chi connectivity index (χ4v) is 2.00. The molecule has 13 heavy (non-hydrogen) atoms. The zero-order valence-corrected chi connectivity index (χ0v) is 8.34. The van der Waals surface area contributed by atoms with E-state index >= 15 is 0 Å². The van der Waals surface area contributed by atoms with Crippen molar-refractivity contribution in [3.63, 3.8) is 0 Å². The van der Waals surface area contributed by atoms with Gasteiger partial charge in [-0.05, 0) is 28.1 Å². The van der Waals surface area contributed by atoms with E-state index in [4.69, 9.17) is 4.74 Å². The first-order valence-electron chi connectivity index (χ1n) is 3.99. The highest BCUT2D eigenvalue weighted by atomic mass is 79.9. The van der Waals surface area contributed by atoms with E-state index in [0.29, 0.717) is 28.8 Å². The number of hydrogen-bond acceptors (Lipinski definition) is 2. The maximum absolute atomic E-state index is 13.1. The average Bonchev–Trinajstić information content (AvgIpc) is 2.12. The van der Waals surface area contributed by atoms with Gasteiger partial charge in [0.05, 0.1) is 17.2 Å². The Labute approximate surface area is 83.5 Å². The lowest BCUT2D eigenvalue weighted by Crippen LogP contribution is -2.14. The van der Waals surface area contributed by atoms with Gasteiger partial charge in [-0.1, -0.05) is 0 Å². The number of fused-ring (bicyclic) bond motifs is 1. The fraction of sp³-hybridized carbons (Fsp3) is 0.333. The first-order valence-corrected chi connectivity index (χ1v) is 4.78. The number of hydrogen-bond donors (Lipinski definition) is 1. The molecule has 70 valence electrons. The Morgan fingerprint density at radius 1 is 1.54 bits per heavy atom. The van der Waals surface area contributed by atoms with E-state index in [1.807, 2.05) is 0 Å². The average molecular weight is 247 g/mol. The van der Waals surface area contributed by atoms with Crippen molar-refractivity contribution in [3.05, 3.63) is 28.0 Å². The predicted octanol–water partition coefficient (Wildman–Crippen LogP) is 2.40. The second-order valence-electron chi connectivity index (χ2n) is 2.93. The quantitative estimate of drug-likeness (QED) is 0.762. The third-order valence-electron chi connectivity index (χ3n) is 2.07. The van der Waals surface area contributed by atoms with Gasteiger partial charge in [-0.25, -0.2) is 4.39 Å². The molecule has 0 radical (unpaired) electrons. The first kappa shape index (κ1) is 8.97. The van der Waals surface area contributed by atoms with E-state index in [1.165, 1.54) is 12.1 Å². The summed E-state index contributed by atoms with van der Waals surface area (Å²) in [5.41, 5.74) is 0.520. The van der Waals surface area contributed by atoms with Crippen molar-refractivity contribution in [2.45, 2.75) is 12.5 Å². The number of aliphatic hydroxyl groups is 1. The minimum Gasteiger partial charge on any atom is -0.493 e. The second kappa shape index (κ2) is 3.27. The summed E-state index contributed by atoms with van der Waals surface area (Å²) in [5, 5.41) is 9.59. The van der Waals surface area contributed by atoms with Crippen LogP contribution in [0.15, 0.2) is 16.6 Å². The molecule has 1 aromatic rings. The molecule has 0 fully saturated rings. The van der Waals surface area contributed by atoms with Gasteiger partial charge in [-0.3, -0.25) is 0 Å². The van der Waals surface area contributed by atoms with Gasteiger partial charge in [0.2, 0.25) is 0 Å². The summed E-state index contributed by atoms with van der Waals surface area (Å²) in [6, 6.07) is 2.86. The molecule has 1 heterocycles. The van der Waals surface area contributed by atoms with E-state index in [1.54, 1.807) is 0 Å². The van der Waals surface area contributed by atoms with Crippen molar-refractivity contribution in [3.8, 4) is 5.75 Å². The van der Waals surface area contributed by atoms with Gasteiger partial charge in [-0.2, -0.15) is 0 Å². The van der Waals surface area contributed by atoms with Gasteiger partial charge in [0.15, 0.2) is 0 Å². The molecule has 1 atom stereocenters. The Balaban J connectivity index is 2.58. The lowest BCUT2D eigenvalue weighted by atomic mass is 10.0. The molecule has 1 unspecified atom stereocenters. The van der Waals surface area contributed by atoms with Crippen LogP contribution in [0, 0.1) is 5.82 Å². The summed E-state index contributed by atoms with van der Waals surface area (Å²) in [7, 11) is 0. The highest BCUT2D eigenvalue weighted by Gasteiger charge is 2.23. The molecule has 0 saturated carbocycles. The van der Waals surface area contributed by atoms with Crippen LogP contribution >= 0.6 is 15.9 Å². The van der Waals surface area contributed by atoms with E-state index in [-0.39, 0.29) is 5.82 Å². The number of rotatable bonds is 0. The SMILES string of the molecule is OC1CCOc2ccc(F)c(Br)c21. The molecule has 1 aliphatic rings. The number of ether oxygens (including phenoxy) is 1. The van der Waals surface area contributed by atoms with Gasteiger partial charge >= 0.3 is 0 Å². The molecule has 0 amide bonds. The van der Waals surface area contributed by atoms with Crippen molar-refractivity contribution in [1.82, 2.24) is 0 Å². The van der Waals surface area contributed by atoms with Crippen molar-refractivity contribution in [2.75, 3.05) is 6.61 Å². The minimum absolute atomic E-state index is 0.303. The molecule has 0 aromatic heterocycles. The van der Waals surface area contributed by atoms with Gasteiger partial charge in [0, 0.05) is 12.0 Å². The lowest BCUT2D eigenvalue weighted by Gasteiger charge is -2.23. The van der Waals surface area contributed by atoms with Gasteiger partial charge in [0.1, 0.15) is 11.6 Å². The van der Waals surface area contributed by atoms with E-state index < -0.39 is 6.10 Å². The topological polar surface area (TPSA) is 29.5 Å². The molecule has 2 rings (SSSR count). The number of benzene rings is 1. The third kappa shape index (κ3) is 1.44. The smallest absolute Gasteiger partial charge is 0.138 e. The van der Waals surface area contributed by atoms with Crippen molar-refractivity contribution >= 4 is 15.9 Å². The lowest BCUT2D eigenvalue weighted by molar-refractivity contribution is 0.114. The minimum atomic E-state index is -0.631. The molecule has 0 aliphatic carbocycles. The van der Waals surface area contributed by atoms with E-state index in [9.17, 15) is 9.50 Å². The zero-order chi connectivity index (χ0) is 9.42. The van der Waals surface area contributed by atoms with Crippen molar-refractivity contribution in [2.24, 2.45) is 0 Å². The van der Waals surface area contributed by atoms with Crippen LogP contribution in [0.25, 0.3) is 0 Å². The standard InChI is InChI=1S/C9H8BrFO2/c10-9-5(11)1-2-7-8(9)6(12)3-4-13-7/h1-2,6,12H,3-4H2. The highest BCUT2D eigenvalue weighted by molar-refractivity contribution is 9.10.